The molecule has 3 heteroatoms. The first-order chi connectivity index (χ1) is 9.33. The van der Waals surface area contributed by atoms with Gasteiger partial charge in [-0.2, -0.15) is 0 Å². The fraction of sp³-hybridized carbons (Fsp3) is 0.625. The molecule has 0 heterocycles. The minimum absolute atomic E-state index is 0.183. The summed E-state index contributed by atoms with van der Waals surface area (Å²) in [5.74, 6) is 6.60. The number of para-hydroxylation sites is 1. The zero-order chi connectivity index (χ0) is 13.9. The van der Waals surface area contributed by atoms with Gasteiger partial charge in [0.15, 0.2) is 0 Å². The quantitative estimate of drug-likeness (QED) is 0.382. The number of hydrogen-bond donors (Lipinski definition) is 2. The van der Waals surface area contributed by atoms with Crippen molar-refractivity contribution in [3.05, 3.63) is 29.8 Å². The SMILES string of the molecule is CCCCCCCCC(NN)c1ccccc1OC. The number of nitrogens with one attached hydrogen (secondary N) is 1. The molecule has 1 rings (SSSR count). The molecule has 0 aromatic heterocycles. The van der Waals surface area contributed by atoms with Gasteiger partial charge in [0.05, 0.1) is 7.11 Å². The van der Waals surface area contributed by atoms with E-state index in [4.69, 9.17) is 10.6 Å². The summed E-state index contributed by atoms with van der Waals surface area (Å²) in [5, 5.41) is 0. The molecule has 0 bridgehead atoms. The van der Waals surface area contributed by atoms with E-state index in [-0.39, 0.29) is 6.04 Å². The molecule has 0 saturated heterocycles. The van der Waals surface area contributed by atoms with Gasteiger partial charge in [-0.3, -0.25) is 11.3 Å². The highest BCUT2D eigenvalue weighted by atomic mass is 16.5. The van der Waals surface area contributed by atoms with Crippen molar-refractivity contribution in [2.24, 2.45) is 5.84 Å². The Kier molecular flexibility index (Phi) is 8.26. The summed E-state index contributed by atoms with van der Waals surface area (Å²) in [6.45, 7) is 2.25. The van der Waals surface area contributed by atoms with E-state index in [1.807, 2.05) is 18.2 Å². The Balaban J connectivity index is 2.40. The van der Waals surface area contributed by atoms with Crippen LogP contribution in [-0.4, -0.2) is 7.11 Å². The molecule has 0 saturated carbocycles. The number of hydrazine groups is 1. The predicted octanol–water partition coefficient (Wildman–Crippen LogP) is 3.95. The summed E-state index contributed by atoms with van der Waals surface area (Å²) in [5.41, 5.74) is 4.07. The van der Waals surface area contributed by atoms with Crippen molar-refractivity contribution in [3.63, 3.8) is 0 Å². The van der Waals surface area contributed by atoms with Crippen LogP contribution in [0, 0.1) is 0 Å². The Morgan fingerprint density at radius 2 is 1.79 bits per heavy atom. The lowest BCUT2D eigenvalue weighted by molar-refractivity contribution is 0.392. The lowest BCUT2D eigenvalue weighted by Crippen LogP contribution is -2.28. The molecule has 1 unspecified atom stereocenters. The smallest absolute Gasteiger partial charge is 0.123 e. The van der Waals surface area contributed by atoms with Crippen LogP contribution in [0.1, 0.15) is 63.5 Å². The van der Waals surface area contributed by atoms with Crippen LogP contribution in [0.4, 0.5) is 0 Å². The molecule has 1 aromatic carbocycles. The summed E-state index contributed by atoms with van der Waals surface area (Å²) in [7, 11) is 1.71. The third-order valence-electron chi connectivity index (χ3n) is 3.56. The molecular weight excluding hydrogens is 236 g/mol. The minimum atomic E-state index is 0.183. The Morgan fingerprint density at radius 1 is 1.11 bits per heavy atom. The van der Waals surface area contributed by atoms with E-state index in [9.17, 15) is 0 Å². The Hall–Kier alpha value is -1.06. The second-order valence-corrected chi connectivity index (χ2v) is 5.02. The van der Waals surface area contributed by atoms with Crippen LogP contribution in [0.5, 0.6) is 5.75 Å². The fourth-order valence-corrected chi connectivity index (χ4v) is 2.41. The first-order valence-electron chi connectivity index (χ1n) is 7.42. The topological polar surface area (TPSA) is 47.3 Å². The van der Waals surface area contributed by atoms with Crippen LogP contribution in [0.3, 0.4) is 0 Å². The highest BCUT2D eigenvalue weighted by molar-refractivity contribution is 5.35. The summed E-state index contributed by atoms with van der Waals surface area (Å²) in [4.78, 5) is 0. The first kappa shape index (κ1) is 16.0. The van der Waals surface area contributed by atoms with Gasteiger partial charge in [-0.1, -0.05) is 63.6 Å². The van der Waals surface area contributed by atoms with E-state index in [2.05, 4.69) is 18.4 Å². The average molecular weight is 264 g/mol. The Morgan fingerprint density at radius 3 is 2.47 bits per heavy atom. The molecule has 0 aliphatic heterocycles. The lowest BCUT2D eigenvalue weighted by atomic mass is 9.99. The molecule has 1 atom stereocenters. The molecule has 19 heavy (non-hydrogen) atoms. The van der Waals surface area contributed by atoms with Crippen LogP contribution in [0.15, 0.2) is 24.3 Å². The molecule has 108 valence electrons. The van der Waals surface area contributed by atoms with Crippen molar-refractivity contribution in [2.45, 2.75) is 57.9 Å². The molecule has 3 nitrogen and oxygen atoms in total. The highest BCUT2D eigenvalue weighted by Gasteiger charge is 2.13. The molecule has 3 N–H and O–H groups in total. The van der Waals surface area contributed by atoms with Gasteiger partial charge in [0.2, 0.25) is 0 Å². The van der Waals surface area contributed by atoms with Crippen LogP contribution >= 0.6 is 0 Å². The molecule has 0 aliphatic rings. The highest BCUT2D eigenvalue weighted by Crippen LogP contribution is 2.27. The van der Waals surface area contributed by atoms with Gasteiger partial charge in [-0.05, 0) is 12.5 Å². The van der Waals surface area contributed by atoms with Gasteiger partial charge in [-0.15, -0.1) is 0 Å². The number of unbranched alkanes of at least 4 members (excludes halogenated alkanes) is 5. The summed E-state index contributed by atoms with van der Waals surface area (Å²) in [6.07, 6.45) is 8.88. The van der Waals surface area contributed by atoms with Crippen LogP contribution in [0.25, 0.3) is 0 Å². The number of rotatable bonds is 10. The Bertz CT molecular complexity index is 341. The van der Waals surface area contributed by atoms with Gasteiger partial charge in [0, 0.05) is 11.6 Å². The van der Waals surface area contributed by atoms with Crippen molar-refractivity contribution < 1.29 is 4.74 Å². The Labute approximate surface area is 117 Å². The zero-order valence-corrected chi connectivity index (χ0v) is 12.3. The van der Waals surface area contributed by atoms with Crippen molar-refractivity contribution in [2.75, 3.05) is 7.11 Å². The molecule has 0 fully saturated rings. The zero-order valence-electron chi connectivity index (χ0n) is 12.3. The average Bonchev–Trinajstić information content (AvgIpc) is 2.47. The molecule has 1 aromatic rings. The molecule has 0 radical (unpaired) electrons. The third-order valence-corrected chi connectivity index (χ3v) is 3.56. The number of benzene rings is 1. The second-order valence-electron chi connectivity index (χ2n) is 5.02. The van der Waals surface area contributed by atoms with E-state index < -0.39 is 0 Å². The summed E-state index contributed by atoms with van der Waals surface area (Å²) in [6, 6.07) is 8.27. The normalized spacial score (nSPS) is 12.4. The largest absolute Gasteiger partial charge is 0.496 e. The van der Waals surface area contributed by atoms with Gasteiger partial charge in [0.25, 0.3) is 0 Å². The van der Waals surface area contributed by atoms with Crippen LogP contribution < -0.4 is 16.0 Å². The fourth-order valence-electron chi connectivity index (χ4n) is 2.41. The maximum atomic E-state index is 5.69. The molecule has 0 spiro atoms. The van der Waals surface area contributed by atoms with Crippen LogP contribution in [0.2, 0.25) is 0 Å². The molecule has 0 aliphatic carbocycles. The van der Waals surface area contributed by atoms with E-state index in [1.54, 1.807) is 7.11 Å². The number of ether oxygens (including phenoxy) is 1. The van der Waals surface area contributed by atoms with Gasteiger partial charge < -0.3 is 4.74 Å². The molecule has 0 amide bonds. The maximum absolute atomic E-state index is 5.69. The van der Waals surface area contributed by atoms with Crippen molar-refractivity contribution in [3.8, 4) is 5.75 Å². The van der Waals surface area contributed by atoms with E-state index >= 15 is 0 Å². The minimum Gasteiger partial charge on any atom is -0.496 e. The lowest BCUT2D eigenvalue weighted by Gasteiger charge is -2.18. The maximum Gasteiger partial charge on any atom is 0.123 e. The summed E-state index contributed by atoms with van der Waals surface area (Å²) < 4.78 is 5.39. The van der Waals surface area contributed by atoms with Crippen LogP contribution in [-0.2, 0) is 0 Å². The van der Waals surface area contributed by atoms with Crippen molar-refractivity contribution in [1.82, 2.24) is 5.43 Å². The van der Waals surface area contributed by atoms with Gasteiger partial charge >= 0.3 is 0 Å². The summed E-state index contributed by atoms with van der Waals surface area (Å²) >= 11 is 0. The van der Waals surface area contributed by atoms with Crippen molar-refractivity contribution >= 4 is 0 Å². The first-order valence-corrected chi connectivity index (χ1v) is 7.42. The predicted molar refractivity (Wildman–Crippen MR) is 81.1 cm³/mol. The number of methoxy groups -OCH3 is 1. The third kappa shape index (κ3) is 5.62. The van der Waals surface area contributed by atoms with E-state index in [0.717, 1.165) is 17.7 Å². The van der Waals surface area contributed by atoms with Gasteiger partial charge in [0.1, 0.15) is 5.75 Å². The second kappa shape index (κ2) is 9.82. The monoisotopic (exact) mass is 264 g/mol. The molecular formula is C16H28N2O. The number of hydrogen-bond acceptors (Lipinski definition) is 3. The van der Waals surface area contributed by atoms with E-state index in [0.29, 0.717) is 0 Å². The van der Waals surface area contributed by atoms with E-state index in [1.165, 1.54) is 38.5 Å². The standard InChI is InChI=1S/C16H28N2O/c1-3-4-5-6-7-8-12-15(18-17)14-11-9-10-13-16(14)19-2/h9-11,13,15,18H,3-8,12,17H2,1-2H3. The van der Waals surface area contributed by atoms with Crippen molar-refractivity contribution in [1.29, 1.82) is 0 Å². The number of nitrogens with two attached hydrogens (primary N) is 1. The van der Waals surface area contributed by atoms with Gasteiger partial charge in [-0.25, -0.2) is 0 Å².